The Morgan fingerprint density at radius 2 is 1.62 bits per heavy atom. The van der Waals surface area contributed by atoms with E-state index in [1.807, 2.05) is 0 Å². The van der Waals surface area contributed by atoms with Gasteiger partial charge in [-0.15, -0.1) is 0 Å². The monoisotopic (exact) mass is 251 g/mol. The molecule has 2 nitrogen and oxygen atoms in total. The van der Waals surface area contributed by atoms with Crippen LogP contribution >= 0.6 is 0 Å². The molecule has 8 heteroatoms. The highest BCUT2D eigenvalue weighted by atomic mass is 19.4. The first-order valence-corrected chi connectivity index (χ1v) is 4.63. The fraction of sp³-hybridized carbons (Fsp3) is 1.00. The van der Waals surface area contributed by atoms with Gasteiger partial charge in [0, 0.05) is 6.54 Å². The molecule has 1 aliphatic rings. The van der Waals surface area contributed by atoms with Crippen LogP contribution in [0.2, 0.25) is 0 Å². The van der Waals surface area contributed by atoms with Crippen molar-refractivity contribution in [2.24, 2.45) is 0 Å². The zero-order valence-corrected chi connectivity index (χ0v) is 8.21. The van der Waals surface area contributed by atoms with E-state index in [-0.39, 0.29) is 19.4 Å². The summed E-state index contributed by atoms with van der Waals surface area (Å²) in [7, 11) is 0. The molecule has 1 N–H and O–H groups in total. The van der Waals surface area contributed by atoms with E-state index < -0.39 is 31.1 Å². The van der Waals surface area contributed by atoms with E-state index in [0.29, 0.717) is 0 Å². The average molecular weight is 251 g/mol. The molecule has 0 saturated heterocycles. The number of ether oxygens (including phenoxy) is 1. The molecular formula is C8H11F6NO. The number of nitrogens with one attached hydrogen (secondary N) is 1. The van der Waals surface area contributed by atoms with Gasteiger partial charge in [0.05, 0.1) is 6.61 Å². The lowest BCUT2D eigenvalue weighted by atomic mass is 10.2. The van der Waals surface area contributed by atoms with Crippen molar-refractivity contribution in [1.29, 1.82) is 0 Å². The summed E-state index contributed by atoms with van der Waals surface area (Å²) in [5, 5.41) is 2.18. The quantitative estimate of drug-likeness (QED) is 0.597. The molecule has 0 bridgehead atoms. The molecule has 0 amide bonds. The number of rotatable bonds is 5. The van der Waals surface area contributed by atoms with E-state index in [2.05, 4.69) is 10.1 Å². The molecule has 0 heterocycles. The first kappa shape index (κ1) is 13.6. The van der Waals surface area contributed by atoms with Crippen LogP contribution in [0.1, 0.15) is 12.8 Å². The molecule has 0 aromatic carbocycles. The predicted molar refractivity (Wildman–Crippen MR) is 42.9 cm³/mol. The zero-order valence-electron chi connectivity index (χ0n) is 8.21. The Kier molecular flexibility index (Phi) is 3.73. The van der Waals surface area contributed by atoms with Gasteiger partial charge in [0.15, 0.2) is 0 Å². The Morgan fingerprint density at radius 3 is 2.00 bits per heavy atom. The Labute approximate surface area is 87.9 Å². The summed E-state index contributed by atoms with van der Waals surface area (Å²) in [5.41, 5.74) is -1.89. The lowest BCUT2D eigenvalue weighted by Crippen LogP contribution is -2.46. The highest BCUT2D eigenvalue weighted by Crippen LogP contribution is 2.48. The fourth-order valence-electron chi connectivity index (χ4n) is 1.24. The van der Waals surface area contributed by atoms with Crippen molar-refractivity contribution in [3.63, 3.8) is 0 Å². The second-order valence-corrected chi connectivity index (χ2v) is 3.67. The standard InChI is InChI=1S/C8H11F6NO/c9-7(10,11)5-16-4-3-15-6(1-2-6)8(12,13)14/h15H,1-5H2. The van der Waals surface area contributed by atoms with Gasteiger partial charge in [-0.1, -0.05) is 0 Å². The summed E-state index contributed by atoms with van der Waals surface area (Å²) >= 11 is 0. The van der Waals surface area contributed by atoms with Crippen molar-refractivity contribution in [1.82, 2.24) is 5.32 Å². The molecule has 0 aromatic heterocycles. The first-order valence-electron chi connectivity index (χ1n) is 4.63. The van der Waals surface area contributed by atoms with Crippen molar-refractivity contribution in [2.45, 2.75) is 30.7 Å². The van der Waals surface area contributed by atoms with Gasteiger partial charge in [-0.2, -0.15) is 26.3 Å². The predicted octanol–water partition coefficient (Wildman–Crippen LogP) is 2.25. The van der Waals surface area contributed by atoms with E-state index in [0.717, 1.165) is 0 Å². The van der Waals surface area contributed by atoms with Crippen LogP contribution in [-0.2, 0) is 4.74 Å². The highest BCUT2D eigenvalue weighted by molar-refractivity contribution is 5.07. The van der Waals surface area contributed by atoms with Crippen LogP contribution in [0.25, 0.3) is 0 Å². The maximum atomic E-state index is 12.3. The highest BCUT2D eigenvalue weighted by Gasteiger charge is 2.62. The second kappa shape index (κ2) is 4.40. The molecule has 96 valence electrons. The van der Waals surface area contributed by atoms with Crippen LogP contribution < -0.4 is 5.32 Å². The van der Waals surface area contributed by atoms with Gasteiger partial charge in [-0.3, -0.25) is 0 Å². The van der Waals surface area contributed by atoms with Crippen LogP contribution in [0.5, 0.6) is 0 Å². The van der Waals surface area contributed by atoms with E-state index >= 15 is 0 Å². The number of hydrogen-bond acceptors (Lipinski definition) is 2. The van der Waals surface area contributed by atoms with Gasteiger partial charge in [0.2, 0.25) is 0 Å². The smallest absolute Gasteiger partial charge is 0.371 e. The average Bonchev–Trinajstić information content (AvgIpc) is 2.81. The lowest BCUT2D eigenvalue weighted by Gasteiger charge is -2.20. The van der Waals surface area contributed by atoms with Crippen LogP contribution in [0.15, 0.2) is 0 Å². The van der Waals surface area contributed by atoms with Crippen molar-refractivity contribution in [3.8, 4) is 0 Å². The van der Waals surface area contributed by atoms with Crippen molar-refractivity contribution < 1.29 is 31.1 Å². The summed E-state index contributed by atoms with van der Waals surface area (Å²) < 4.78 is 75.9. The normalized spacial score (nSPS) is 19.9. The van der Waals surface area contributed by atoms with Gasteiger partial charge >= 0.3 is 12.4 Å². The van der Waals surface area contributed by atoms with Gasteiger partial charge in [0.1, 0.15) is 12.1 Å². The maximum Gasteiger partial charge on any atom is 0.411 e. The summed E-state index contributed by atoms with van der Waals surface area (Å²) in [6.45, 7) is -2.07. The minimum atomic E-state index is -4.44. The summed E-state index contributed by atoms with van der Waals surface area (Å²) in [6.07, 6.45) is -8.86. The number of hydrogen-bond donors (Lipinski definition) is 1. The molecule has 0 atom stereocenters. The summed E-state index contributed by atoms with van der Waals surface area (Å²) in [6, 6.07) is 0. The number of halogens is 6. The van der Waals surface area contributed by atoms with Crippen molar-refractivity contribution >= 4 is 0 Å². The molecule has 0 unspecified atom stereocenters. The van der Waals surface area contributed by atoms with E-state index in [1.54, 1.807) is 0 Å². The minimum Gasteiger partial charge on any atom is -0.371 e. The SMILES string of the molecule is FC(F)(F)COCCNC1(C(F)(F)F)CC1. The van der Waals surface area contributed by atoms with Crippen LogP contribution in [0.4, 0.5) is 26.3 Å². The molecule has 1 saturated carbocycles. The zero-order chi connectivity index (χ0) is 12.4. The molecule has 1 fully saturated rings. The maximum absolute atomic E-state index is 12.3. The van der Waals surface area contributed by atoms with Crippen LogP contribution in [0, 0.1) is 0 Å². The third kappa shape index (κ3) is 3.82. The topological polar surface area (TPSA) is 21.3 Å². The minimum absolute atomic E-state index is 0.0320. The first-order chi connectivity index (χ1) is 7.16. The van der Waals surface area contributed by atoms with E-state index in [4.69, 9.17) is 0 Å². The Hall–Kier alpha value is -0.500. The molecule has 0 aromatic rings. The molecule has 0 aliphatic heterocycles. The molecule has 16 heavy (non-hydrogen) atoms. The Bertz CT molecular complexity index is 232. The molecular weight excluding hydrogens is 240 g/mol. The summed E-state index contributed by atoms with van der Waals surface area (Å²) in [4.78, 5) is 0. The van der Waals surface area contributed by atoms with Crippen molar-refractivity contribution in [3.05, 3.63) is 0 Å². The third-order valence-electron chi connectivity index (χ3n) is 2.27. The van der Waals surface area contributed by atoms with Gasteiger partial charge in [0.25, 0.3) is 0 Å². The molecule has 1 aliphatic carbocycles. The summed E-state index contributed by atoms with van der Waals surface area (Å²) in [5.74, 6) is 0. The van der Waals surface area contributed by atoms with E-state index in [9.17, 15) is 26.3 Å². The number of alkyl halides is 6. The molecule has 1 rings (SSSR count). The Morgan fingerprint density at radius 1 is 1.06 bits per heavy atom. The fourth-order valence-corrected chi connectivity index (χ4v) is 1.24. The molecule has 0 spiro atoms. The third-order valence-corrected chi connectivity index (χ3v) is 2.27. The second-order valence-electron chi connectivity index (χ2n) is 3.67. The Balaban J connectivity index is 2.13. The lowest BCUT2D eigenvalue weighted by molar-refractivity contribution is -0.178. The van der Waals surface area contributed by atoms with Gasteiger partial charge < -0.3 is 10.1 Å². The molecule has 0 radical (unpaired) electrons. The van der Waals surface area contributed by atoms with E-state index in [1.165, 1.54) is 0 Å². The van der Waals surface area contributed by atoms with Crippen LogP contribution in [0.3, 0.4) is 0 Å². The van der Waals surface area contributed by atoms with Crippen molar-refractivity contribution in [2.75, 3.05) is 19.8 Å². The largest absolute Gasteiger partial charge is 0.411 e. The van der Waals surface area contributed by atoms with Crippen LogP contribution in [-0.4, -0.2) is 37.7 Å². The van der Waals surface area contributed by atoms with Gasteiger partial charge in [-0.05, 0) is 12.8 Å². The van der Waals surface area contributed by atoms with Gasteiger partial charge in [-0.25, -0.2) is 0 Å².